The number of hydrogen-bond acceptors (Lipinski definition) is 5. The maximum atomic E-state index is 12.2. The van der Waals surface area contributed by atoms with Crippen molar-refractivity contribution in [3.05, 3.63) is 62.9 Å². The van der Waals surface area contributed by atoms with Gasteiger partial charge < -0.3 is 4.74 Å². The fourth-order valence-electron chi connectivity index (χ4n) is 1.82. The highest BCUT2D eigenvalue weighted by molar-refractivity contribution is 6.31. The van der Waals surface area contributed by atoms with Crippen LogP contribution in [0.15, 0.2) is 36.7 Å². The number of pyridine rings is 1. The van der Waals surface area contributed by atoms with Crippen LogP contribution in [-0.2, 0) is 6.42 Å². The topological polar surface area (TPSA) is 82.3 Å². The smallest absolute Gasteiger partial charge is 0.310 e. The molecule has 1 aromatic heterocycles. The number of aromatic nitrogens is 1. The average Bonchev–Trinajstić information content (AvgIpc) is 2.48. The third-order valence-corrected chi connectivity index (χ3v) is 3.25. The van der Waals surface area contributed by atoms with Crippen LogP contribution in [0.2, 0.25) is 5.02 Å². The number of carbonyl (C=O) groups is 1. The van der Waals surface area contributed by atoms with Crippen LogP contribution in [0.3, 0.4) is 0 Å². The molecule has 7 heteroatoms. The summed E-state index contributed by atoms with van der Waals surface area (Å²) in [7, 11) is 1.32. The normalized spacial score (nSPS) is 10.2. The van der Waals surface area contributed by atoms with Crippen molar-refractivity contribution in [2.24, 2.45) is 0 Å². The molecule has 0 atom stereocenters. The van der Waals surface area contributed by atoms with Crippen LogP contribution in [0.1, 0.15) is 15.9 Å². The van der Waals surface area contributed by atoms with E-state index in [4.69, 9.17) is 16.3 Å². The van der Waals surface area contributed by atoms with E-state index in [0.717, 1.165) is 0 Å². The van der Waals surface area contributed by atoms with Crippen LogP contribution in [0.4, 0.5) is 5.69 Å². The van der Waals surface area contributed by atoms with E-state index in [0.29, 0.717) is 16.1 Å². The van der Waals surface area contributed by atoms with Crippen molar-refractivity contribution in [1.82, 2.24) is 4.98 Å². The second-order valence-corrected chi connectivity index (χ2v) is 4.62. The molecule has 6 nitrogen and oxygen atoms in total. The zero-order valence-corrected chi connectivity index (χ0v) is 11.8. The highest BCUT2D eigenvalue weighted by Gasteiger charge is 2.18. The second-order valence-electron chi connectivity index (χ2n) is 4.21. The molecule has 2 rings (SSSR count). The number of nitro benzene ring substituents is 1. The number of benzene rings is 1. The van der Waals surface area contributed by atoms with Gasteiger partial charge in [0.2, 0.25) is 0 Å². The number of ketones is 1. The van der Waals surface area contributed by atoms with Crippen molar-refractivity contribution >= 4 is 23.1 Å². The molecular weight excluding hydrogens is 296 g/mol. The Hall–Kier alpha value is -2.47. The molecule has 21 heavy (non-hydrogen) atoms. The van der Waals surface area contributed by atoms with Gasteiger partial charge in [0, 0.05) is 30.4 Å². The monoisotopic (exact) mass is 306 g/mol. The number of methoxy groups -OCH3 is 1. The number of nitrogens with zero attached hydrogens (tertiary/aromatic N) is 2. The maximum Gasteiger partial charge on any atom is 0.310 e. The van der Waals surface area contributed by atoms with E-state index in [2.05, 4.69) is 4.98 Å². The van der Waals surface area contributed by atoms with E-state index in [-0.39, 0.29) is 23.6 Å². The number of nitro groups is 1. The summed E-state index contributed by atoms with van der Waals surface area (Å²) in [6.07, 6.45) is 3.09. The highest BCUT2D eigenvalue weighted by Crippen LogP contribution is 2.28. The minimum absolute atomic E-state index is 0.0478. The van der Waals surface area contributed by atoms with Gasteiger partial charge in [-0.05, 0) is 23.8 Å². The van der Waals surface area contributed by atoms with Crippen LogP contribution < -0.4 is 4.74 Å². The van der Waals surface area contributed by atoms with Crippen molar-refractivity contribution < 1.29 is 14.5 Å². The maximum absolute atomic E-state index is 12.2. The first-order valence-corrected chi connectivity index (χ1v) is 6.34. The Morgan fingerprint density at radius 3 is 2.81 bits per heavy atom. The molecule has 2 aromatic rings. The van der Waals surface area contributed by atoms with Crippen LogP contribution in [-0.4, -0.2) is 22.8 Å². The van der Waals surface area contributed by atoms with Gasteiger partial charge in [-0.2, -0.15) is 0 Å². The second kappa shape index (κ2) is 6.32. The molecule has 0 N–H and O–H groups in total. The summed E-state index contributed by atoms with van der Waals surface area (Å²) in [5.74, 6) is -0.164. The fraction of sp³-hybridized carbons (Fsp3) is 0.143. The molecule has 0 bridgehead atoms. The van der Waals surface area contributed by atoms with Gasteiger partial charge in [0.15, 0.2) is 11.5 Å². The van der Waals surface area contributed by atoms with Gasteiger partial charge in [-0.25, -0.2) is 0 Å². The number of carbonyl (C=O) groups excluding carboxylic acids is 1. The quantitative estimate of drug-likeness (QED) is 0.481. The first-order chi connectivity index (χ1) is 10.0. The molecular formula is C14H11ClN2O4. The molecule has 0 fully saturated rings. The molecule has 1 aromatic carbocycles. The van der Waals surface area contributed by atoms with E-state index in [1.807, 2.05) is 0 Å². The third kappa shape index (κ3) is 3.35. The molecule has 0 unspecified atom stereocenters. The van der Waals surface area contributed by atoms with Crippen LogP contribution in [0.5, 0.6) is 5.75 Å². The van der Waals surface area contributed by atoms with E-state index < -0.39 is 4.92 Å². The predicted molar refractivity (Wildman–Crippen MR) is 76.9 cm³/mol. The number of halogens is 1. The Morgan fingerprint density at radius 2 is 2.19 bits per heavy atom. The SMILES string of the molecule is COc1cc(C(=O)Cc2ccncc2Cl)ccc1[N+](=O)[O-]. The van der Waals surface area contributed by atoms with Crippen LogP contribution in [0.25, 0.3) is 0 Å². The molecule has 0 saturated heterocycles. The number of hydrogen-bond donors (Lipinski definition) is 0. The largest absolute Gasteiger partial charge is 0.490 e. The summed E-state index contributed by atoms with van der Waals surface area (Å²) in [5.41, 5.74) is 0.787. The average molecular weight is 307 g/mol. The molecule has 0 aliphatic heterocycles. The van der Waals surface area contributed by atoms with Crippen LogP contribution >= 0.6 is 11.6 Å². The molecule has 0 saturated carbocycles. The van der Waals surface area contributed by atoms with Crippen molar-refractivity contribution in [2.75, 3.05) is 7.11 Å². The van der Waals surface area contributed by atoms with Crippen molar-refractivity contribution in [3.63, 3.8) is 0 Å². The molecule has 0 aliphatic carbocycles. The minimum Gasteiger partial charge on any atom is -0.490 e. The summed E-state index contributed by atoms with van der Waals surface area (Å²) >= 11 is 5.95. The predicted octanol–water partition coefficient (Wildman–Crippen LogP) is 3.08. The summed E-state index contributed by atoms with van der Waals surface area (Å²) in [4.78, 5) is 26.3. The first kappa shape index (κ1) is 14.9. The van der Waals surface area contributed by atoms with Gasteiger partial charge in [-0.3, -0.25) is 19.9 Å². The standard InChI is InChI=1S/C14H11ClN2O4/c1-21-14-7-10(2-3-12(14)17(19)20)13(18)6-9-4-5-16-8-11(9)15/h2-5,7-8H,6H2,1H3. The Labute approximate surface area is 125 Å². The lowest BCUT2D eigenvalue weighted by atomic mass is 10.0. The van der Waals surface area contributed by atoms with Crippen molar-refractivity contribution in [2.45, 2.75) is 6.42 Å². The summed E-state index contributed by atoms with van der Waals surface area (Å²) < 4.78 is 4.94. The summed E-state index contributed by atoms with van der Waals surface area (Å²) in [6, 6.07) is 5.66. The molecule has 1 heterocycles. The van der Waals surface area contributed by atoms with Crippen LogP contribution in [0, 0.1) is 10.1 Å². The summed E-state index contributed by atoms with van der Waals surface area (Å²) in [5, 5.41) is 11.2. The third-order valence-electron chi connectivity index (χ3n) is 2.91. The fourth-order valence-corrected chi connectivity index (χ4v) is 2.01. The lowest BCUT2D eigenvalue weighted by molar-refractivity contribution is -0.385. The lowest BCUT2D eigenvalue weighted by Crippen LogP contribution is -2.05. The van der Waals surface area contributed by atoms with E-state index >= 15 is 0 Å². The van der Waals surface area contributed by atoms with Gasteiger partial charge in [0.1, 0.15) is 0 Å². The number of rotatable bonds is 5. The Bertz CT molecular complexity index is 703. The van der Waals surface area contributed by atoms with Gasteiger partial charge in [0.05, 0.1) is 17.1 Å². The number of Topliss-reactive ketones (excluding diaryl/α,β-unsaturated/α-hetero) is 1. The first-order valence-electron chi connectivity index (χ1n) is 5.97. The van der Waals surface area contributed by atoms with Gasteiger partial charge in [-0.15, -0.1) is 0 Å². The Morgan fingerprint density at radius 1 is 1.43 bits per heavy atom. The lowest BCUT2D eigenvalue weighted by Gasteiger charge is -2.06. The van der Waals surface area contributed by atoms with Gasteiger partial charge in [-0.1, -0.05) is 11.6 Å². The number of ether oxygens (including phenoxy) is 1. The molecule has 0 spiro atoms. The molecule has 0 aliphatic rings. The summed E-state index contributed by atoms with van der Waals surface area (Å²) in [6.45, 7) is 0. The zero-order valence-electron chi connectivity index (χ0n) is 11.1. The Balaban J connectivity index is 2.28. The van der Waals surface area contributed by atoms with Gasteiger partial charge >= 0.3 is 5.69 Å². The minimum atomic E-state index is -0.563. The molecule has 0 radical (unpaired) electrons. The van der Waals surface area contributed by atoms with Gasteiger partial charge in [0.25, 0.3) is 0 Å². The molecule has 0 amide bonds. The van der Waals surface area contributed by atoms with E-state index in [1.165, 1.54) is 31.5 Å². The highest BCUT2D eigenvalue weighted by atomic mass is 35.5. The molecule has 108 valence electrons. The zero-order chi connectivity index (χ0) is 15.4. The Kier molecular flexibility index (Phi) is 4.49. The van der Waals surface area contributed by atoms with Crippen molar-refractivity contribution in [3.8, 4) is 5.75 Å². The van der Waals surface area contributed by atoms with E-state index in [9.17, 15) is 14.9 Å². The van der Waals surface area contributed by atoms with Crippen molar-refractivity contribution in [1.29, 1.82) is 0 Å². The van der Waals surface area contributed by atoms with E-state index in [1.54, 1.807) is 12.3 Å².